The van der Waals surface area contributed by atoms with E-state index in [9.17, 15) is 21.6 Å². The molecule has 4 nitrogen and oxygen atoms in total. The van der Waals surface area contributed by atoms with Crippen molar-refractivity contribution < 1.29 is 26.7 Å². The molecule has 1 unspecified atom stereocenters. The van der Waals surface area contributed by atoms with Crippen molar-refractivity contribution in [2.24, 2.45) is 5.92 Å². The van der Waals surface area contributed by atoms with E-state index in [1.54, 1.807) is 13.8 Å². The van der Waals surface area contributed by atoms with Gasteiger partial charge in [-0.3, -0.25) is 0 Å². The minimum absolute atomic E-state index is 0.223. The molecule has 0 heterocycles. The van der Waals surface area contributed by atoms with Crippen molar-refractivity contribution in [3.63, 3.8) is 0 Å². The molecule has 0 aliphatic carbocycles. The van der Waals surface area contributed by atoms with Crippen LogP contribution in [0.5, 0.6) is 0 Å². The molecule has 21 heavy (non-hydrogen) atoms. The van der Waals surface area contributed by atoms with E-state index in [4.69, 9.17) is 16.7 Å². The quantitative estimate of drug-likeness (QED) is 0.862. The summed E-state index contributed by atoms with van der Waals surface area (Å²) in [6.07, 6.45) is -4.75. The first-order valence-corrected chi connectivity index (χ1v) is 7.85. The minimum Gasteiger partial charge on any atom is -0.395 e. The van der Waals surface area contributed by atoms with Crippen molar-refractivity contribution in [3.05, 3.63) is 28.8 Å². The van der Waals surface area contributed by atoms with E-state index in [1.165, 1.54) is 0 Å². The third kappa shape index (κ3) is 4.57. The van der Waals surface area contributed by atoms with Gasteiger partial charge in [0, 0.05) is 6.04 Å². The standard InChI is InChI=1S/C12H15ClF3NO3S/c1-7(2)11(6-18)17-21(19,20)8-3-4-10(13)9(5-8)12(14,15)16/h3-5,7,11,17-18H,6H2,1-2H3. The molecule has 120 valence electrons. The zero-order chi connectivity index (χ0) is 16.4. The highest BCUT2D eigenvalue weighted by atomic mass is 35.5. The predicted molar refractivity (Wildman–Crippen MR) is 72.5 cm³/mol. The van der Waals surface area contributed by atoms with Crippen LogP contribution in [0.25, 0.3) is 0 Å². The summed E-state index contributed by atoms with van der Waals surface area (Å²) in [6, 6.07) is 1.54. The normalized spacial score (nSPS) is 14.5. The number of aliphatic hydroxyl groups is 1. The van der Waals surface area contributed by atoms with E-state index in [0.29, 0.717) is 6.07 Å². The van der Waals surface area contributed by atoms with E-state index in [0.717, 1.165) is 12.1 Å². The lowest BCUT2D eigenvalue weighted by atomic mass is 10.1. The second-order valence-corrected chi connectivity index (χ2v) is 6.91. The second-order valence-electron chi connectivity index (χ2n) is 4.79. The van der Waals surface area contributed by atoms with Gasteiger partial charge in [0.1, 0.15) is 0 Å². The Morgan fingerprint density at radius 3 is 2.33 bits per heavy atom. The van der Waals surface area contributed by atoms with Gasteiger partial charge in [-0.2, -0.15) is 13.2 Å². The molecule has 0 spiro atoms. The molecule has 0 saturated carbocycles. The molecule has 0 fully saturated rings. The van der Waals surface area contributed by atoms with Crippen LogP contribution in [0.3, 0.4) is 0 Å². The third-order valence-electron chi connectivity index (χ3n) is 2.86. The zero-order valence-corrected chi connectivity index (χ0v) is 12.9. The predicted octanol–water partition coefficient (Wildman–Crippen LogP) is 2.65. The Morgan fingerprint density at radius 2 is 1.90 bits per heavy atom. The van der Waals surface area contributed by atoms with Crippen LogP contribution in [0.4, 0.5) is 13.2 Å². The van der Waals surface area contributed by atoms with Gasteiger partial charge in [-0.1, -0.05) is 25.4 Å². The number of benzene rings is 1. The Labute approximate surface area is 126 Å². The summed E-state index contributed by atoms with van der Waals surface area (Å²) in [7, 11) is -4.18. The Hall–Kier alpha value is -0.830. The van der Waals surface area contributed by atoms with Gasteiger partial charge in [0.2, 0.25) is 10.0 Å². The highest BCUT2D eigenvalue weighted by Gasteiger charge is 2.34. The first kappa shape index (κ1) is 18.2. The molecule has 2 N–H and O–H groups in total. The number of alkyl halides is 3. The van der Waals surface area contributed by atoms with Crippen LogP contribution in [-0.2, 0) is 16.2 Å². The average Bonchev–Trinajstić information content (AvgIpc) is 2.34. The largest absolute Gasteiger partial charge is 0.417 e. The second kappa shape index (κ2) is 6.51. The van der Waals surface area contributed by atoms with Crippen LogP contribution in [0.2, 0.25) is 5.02 Å². The summed E-state index contributed by atoms with van der Waals surface area (Å²) in [5.74, 6) is -0.223. The summed E-state index contributed by atoms with van der Waals surface area (Å²) in [4.78, 5) is -0.557. The molecule has 0 bridgehead atoms. The number of halogens is 4. The minimum atomic E-state index is -4.75. The molecule has 0 aliphatic heterocycles. The smallest absolute Gasteiger partial charge is 0.395 e. The first-order chi connectivity index (χ1) is 9.49. The van der Waals surface area contributed by atoms with Crippen molar-refractivity contribution in [1.29, 1.82) is 0 Å². The molecule has 0 radical (unpaired) electrons. The number of hydrogen-bond donors (Lipinski definition) is 2. The Bertz CT molecular complexity index is 602. The van der Waals surface area contributed by atoms with Crippen LogP contribution < -0.4 is 4.72 Å². The molecule has 1 rings (SSSR count). The van der Waals surface area contributed by atoms with Crippen molar-refractivity contribution in [1.82, 2.24) is 4.72 Å². The molecule has 0 amide bonds. The van der Waals surface area contributed by atoms with Gasteiger partial charge in [-0.15, -0.1) is 0 Å². The van der Waals surface area contributed by atoms with Crippen LogP contribution in [-0.4, -0.2) is 26.2 Å². The van der Waals surface area contributed by atoms with Crippen LogP contribution in [0.1, 0.15) is 19.4 Å². The van der Waals surface area contributed by atoms with Gasteiger partial charge in [-0.05, 0) is 24.1 Å². The maximum Gasteiger partial charge on any atom is 0.417 e. The molecular weight excluding hydrogens is 331 g/mol. The first-order valence-electron chi connectivity index (χ1n) is 5.99. The summed E-state index contributed by atoms with van der Waals surface area (Å²) in [5.41, 5.74) is -1.22. The number of sulfonamides is 1. The van der Waals surface area contributed by atoms with Crippen molar-refractivity contribution in [3.8, 4) is 0 Å². The fourth-order valence-corrected chi connectivity index (χ4v) is 3.17. The summed E-state index contributed by atoms with van der Waals surface area (Å²) in [6.45, 7) is 2.88. The Morgan fingerprint density at radius 1 is 1.33 bits per heavy atom. The molecular formula is C12H15ClF3NO3S. The van der Waals surface area contributed by atoms with E-state index in [1.807, 2.05) is 0 Å². The molecule has 1 atom stereocenters. The molecule has 9 heteroatoms. The SMILES string of the molecule is CC(C)C(CO)NS(=O)(=O)c1ccc(Cl)c(C(F)(F)F)c1. The molecule has 0 aromatic heterocycles. The number of nitrogens with one attached hydrogen (secondary N) is 1. The van der Waals surface area contributed by atoms with E-state index in [-0.39, 0.29) is 5.92 Å². The van der Waals surface area contributed by atoms with Crippen molar-refractivity contribution in [2.45, 2.75) is 31.0 Å². The highest BCUT2D eigenvalue weighted by molar-refractivity contribution is 7.89. The van der Waals surface area contributed by atoms with E-state index >= 15 is 0 Å². The van der Waals surface area contributed by atoms with Gasteiger partial charge in [0.25, 0.3) is 0 Å². The lowest BCUT2D eigenvalue weighted by Gasteiger charge is -2.20. The van der Waals surface area contributed by atoms with Gasteiger partial charge in [-0.25, -0.2) is 13.1 Å². The fourth-order valence-electron chi connectivity index (χ4n) is 1.54. The average molecular weight is 346 g/mol. The monoisotopic (exact) mass is 345 g/mol. The summed E-state index contributed by atoms with van der Waals surface area (Å²) < 4.78 is 64.5. The lowest BCUT2D eigenvalue weighted by Crippen LogP contribution is -2.41. The zero-order valence-electron chi connectivity index (χ0n) is 11.3. The van der Waals surface area contributed by atoms with Crippen LogP contribution >= 0.6 is 11.6 Å². The molecule has 1 aromatic carbocycles. The Balaban J connectivity index is 3.21. The topological polar surface area (TPSA) is 66.4 Å². The van der Waals surface area contributed by atoms with Gasteiger partial charge < -0.3 is 5.11 Å². The van der Waals surface area contributed by atoms with Gasteiger partial charge >= 0.3 is 6.18 Å². The number of aliphatic hydroxyl groups excluding tert-OH is 1. The van der Waals surface area contributed by atoms with Crippen molar-refractivity contribution >= 4 is 21.6 Å². The number of hydrogen-bond acceptors (Lipinski definition) is 3. The van der Waals surface area contributed by atoms with Crippen LogP contribution in [0, 0.1) is 5.92 Å². The molecule has 0 saturated heterocycles. The molecule has 0 aliphatic rings. The van der Waals surface area contributed by atoms with Gasteiger partial charge in [0.15, 0.2) is 0 Å². The van der Waals surface area contributed by atoms with Gasteiger partial charge in [0.05, 0.1) is 22.1 Å². The lowest BCUT2D eigenvalue weighted by molar-refractivity contribution is -0.137. The third-order valence-corrected chi connectivity index (χ3v) is 4.68. The van der Waals surface area contributed by atoms with Crippen LogP contribution in [0.15, 0.2) is 23.1 Å². The van der Waals surface area contributed by atoms with E-state index < -0.39 is 44.3 Å². The molecule has 1 aromatic rings. The highest BCUT2D eigenvalue weighted by Crippen LogP contribution is 2.35. The Kier molecular flexibility index (Phi) is 5.65. The summed E-state index contributed by atoms with van der Waals surface area (Å²) in [5, 5.41) is 8.53. The maximum atomic E-state index is 12.7. The van der Waals surface area contributed by atoms with E-state index in [2.05, 4.69) is 4.72 Å². The summed E-state index contributed by atoms with van der Waals surface area (Å²) >= 11 is 5.44. The maximum absolute atomic E-state index is 12.7. The van der Waals surface area contributed by atoms with Crippen molar-refractivity contribution in [2.75, 3.05) is 6.61 Å². The fraction of sp³-hybridized carbons (Fsp3) is 0.500. The number of rotatable bonds is 5.